The van der Waals surface area contributed by atoms with Gasteiger partial charge in [-0.15, -0.1) is 0 Å². The predicted octanol–water partition coefficient (Wildman–Crippen LogP) is 4.72. The fraction of sp³-hybridized carbons (Fsp3) is 0.217. The molecule has 4 heteroatoms. The maximum absolute atomic E-state index is 12.6. The van der Waals surface area contributed by atoms with Gasteiger partial charge in [-0.2, -0.15) is 0 Å². The van der Waals surface area contributed by atoms with E-state index in [0.29, 0.717) is 11.3 Å². The highest BCUT2D eigenvalue weighted by molar-refractivity contribution is 5.98. The Hall–Kier alpha value is -2.98. The molecular formula is C23H24N2O2. The largest absolute Gasteiger partial charge is 0.325 e. The number of fused-ring (bicyclic) bond motifs is 1. The molecule has 0 saturated heterocycles. The Kier molecular flexibility index (Phi) is 5.67. The van der Waals surface area contributed by atoms with Crippen molar-refractivity contribution in [3.63, 3.8) is 0 Å². The number of anilines is 1. The zero-order valence-corrected chi connectivity index (χ0v) is 15.8. The van der Waals surface area contributed by atoms with Crippen molar-refractivity contribution in [3.8, 4) is 0 Å². The van der Waals surface area contributed by atoms with Crippen LogP contribution in [0.4, 0.5) is 5.69 Å². The second-order valence-corrected chi connectivity index (χ2v) is 6.80. The van der Waals surface area contributed by atoms with E-state index < -0.39 is 0 Å². The van der Waals surface area contributed by atoms with Crippen molar-refractivity contribution in [3.05, 3.63) is 77.9 Å². The maximum Gasteiger partial charge on any atom is 0.241 e. The second kappa shape index (κ2) is 8.14. The summed E-state index contributed by atoms with van der Waals surface area (Å²) in [6.07, 6.45) is 0. The van der Waals surface area contributed by atoms with E-state index in [9.17, 15) is 9.59 Å². The Morgan fingerprint density at radius 3 is 2.37 bits per heavy atom. The lowest BCUT2D eigenvalue weighted by atomic mass is 9.99. The zero-order chi connectivity index (χ0) is 19.4. The summed E-state index contributed by atoms with van der Waals surface area (Å²) >= 11 is 0. The summed E-state index contributed by atoms with van der Waals surface area (Å²) in [6.45, 7) is 5.41. The highest BCUT2D eigenvalue weighted by Gasteiger charge is 2.18. The zero-order valence-electron chi connectivity index (χ0n) is 15.8. The quantitative estimate of drug-likeness (QED) is 0.625. The molecule has 0 spiro atoms. The standard InChI is InChI=1S/C23H24N2O2/c1-15(21-13-7-9-18-8-4-5-12-22(18)21)24-16(2)23(27)25-20-11-6-10-19(14-20)17(3)26/h4-16,24H,1-3H3,(H,25,27)/t15-,16-/m0/s1. The van der Waals surface area contributed by atoms with Crippen molar-refractivity contribution in [1.29, 1.82) is 0 Å². The first-order valence-electron chi connectivity index (χ1n) is 9.11. The Labute approximate surface area is 159 Å². The van der Waals surface area contributed by atoms with Crippen molar-refractivity contribution in [2.45, 2.75) is 32.9 Å². The van der Waals surface area contributed by atoms with Crippen molar-refractivity contribution >= 4 is 28.2 Å². The van der Waals surface area contributed by atoms with Gasteiger partial charge in [0.15, 0.2) is 5.78 Å². The van der Waals surface area contributed by atoms with E-state index in [4.69, 9.17) is 0 Å². The number of benzene rings is 3. The van der Waals surface area contributed by atoms with E-state index in [1.54, 1.807) is 24.3 Å². The summed E-state index contributed by atoms with van der Waals surface area (Å²) in [5.74, 6) is -0.162. The molecule has 138 valence electrons. The minimum atomic E-state index is -0.389. The Bertz CT molecular complexity index is 976. The van der Waals surface area contributed by atoms with Crippen molar-refractivity contribution in [1.82, 2.24) is 5.32 Å². The van der Waals surface area contributed by atoms with Crippen LogP contribution in [-0.2, 0) is 4.79 Å². The van der Waals surface area contributed by atoms with Crippen LogP contribution < -0.4 is 10.6 Å². The van der Waals surface area contributed by atoms with Crippen molar-refractivity contribution < 1.29 is 9.59 Å². The van der Waals surface area contributed by atoms with E-state index in [1.807, 2.05) is 25.1 Å². The summed E-state index contributed by atoms with van der Waals surface area (Å²) in [6, 6.07) is 21.0. The van der Waals surface area contributed by atoms with Crippen LogP contribution in [0.25, 0.3) is 10.8 Å². The van der Waals surface area contributed by atoms with Crippen LogP contribution in [-0.4, -0.2) is 17.7 Å². The first-order valence-corrected chi connectivity index (χ1v) is 9.11. The molecule has 1 amide bonds. The van der Waals surface area contributed by atoms with Gasteiger partial charge in [-0.3, -0.25) is 14.9 Å². The SMILES string of the molecule is CC(=O)c1cccc(NC(=O)[C@H](C)N[C@@H](C)c2cccc3ccccc23)c1. The van der Waals surface area contributed by atoms with Gasteiger partial charge in [0.1, 0.15) is 0 Å². The number of carbonyl (C=O) groups excluding carboxylic acids is 2. The Morgan fingerprint density at radius 1 is 0.889 bits per heavy atom. The average Bonchev–Trinajstić information content (AvgIpc) is 2.67. The van der Waals surface area contributed by atoms with Crippen LogP contribution >= 0.6 is 0 Å². The Balaban J connectivity index is 1.70. The Morgan fingerprint density at radius 2 is 1.59 bits per heavy atom. The minimum absolute atomic E-state index is 0.0143. The lowest BCUT2D eigenvalue weighted by Gasteiger charge is -2.21. The summed E-state index contributed by atoms with van der Waals surface area (Å²) in [7, 11) is 0. The molecule has 0 aliphatic rings. The third kappa shape index (κ3) is 4.41. The number of rotatable bonds is 6. The number of nitrogens with one attached hydrogen (secondary N) is 2. The van der Waals surface area contributed by atoms with Gasteiger partial charge in [-0.25, -0.2) is 0 Å². The van der Waals surface area contributed by atoms with Crippen LogP contribution in [0.2, 0.25) is 0 Å². The summed E-state index contributed by atoms with van der Waals surface area (Å²) in [4.78, 5) is 24.1. The predicted molar refractivity (Wildman–Crippen MR) is 110 cm³/mol. The number of hydrogen-bond donors (Lipinski definition) is 2. The third-order valence-electron chi connectivity index (χ3n) is 4.72. The summed E-state index contributed by atoms with van der Waals surface area (Å²) in [5, 5.41) is 8.61. The molecule has 0 aromatic heterocycles. The van der Waals surface area contributed by atoms with Crippen LogP contribution in [0, 0.1) is 0 Å². The van der Waals surface area contributed by atoms with E-state index in [-0.39, 0.29) is 23.8 Å². The van der Waals surface area contributed by atoms with Crippen LogP contribution in [0.15, 0.2) is 66.7 Å². The summed E-state index contributed by atoms with van der Waals surface area (Å²) in [5.41, 5.74) is 2.36. The smallest absolute Gasteiger partial charge is 0.241 e. The molecule has 0 heterocycles. The normalized spacial score (nSPS) is 13.1. The van der Waals surface area contributed by atoms with E-state index >= 15 is 0 Å². The number of carbonyl (C=O) groups is 2. The molecule has 2 atom stereocenters. The van der Waals surface area contributed by atoms with Gasteiger partial charge < -0.3 is 5.32 Å². The van der Waals surface area contributed by atoms with Crippen LogP contribution in [0.5, 0.6) is 0 Å². The molecule has 27 heavy (non-hydrogen) atoms. The van der Waals surface area contributed by atoms with Gasteiger partial charge in [-0.05, 0) is 49.2 Å². The molecule has 0 bridgehead atoms. The molecule has 0 saturated carbocycles. The molecule has 0 unspecified atom stereocenters. The third-order valence-corrected chi connectivity index (χ3v) is 4.72. The number of Topliss-reactive ketones (excluding diaryl/α,β-unsaturated/α-hetero) is 1. The van der Waals surface area contributed by atoms with Crippen molar-refractivity contribution in [2.24, 2.45) is 0 Å². The molecule has 3 aromatic rings. The lowest BCUT2D eigenvalue weighted by molar-refractivity contribution is -0.117. The maximum atomic E-state index is 12.6. The van der Waals surface area contributed by atoms with Crippen molar-refractivity contribution in [2.75, 3.05) is 5.32 Å². The van der Waals surface area contributed by atoms with Crippen LogP contribution in [0.1, 0.15) is 42.7 Å². The molecule has 3 rings (SSSR count). The molecular weight excluding hydrogens is 336 g/mol. The molecule has 0 fully saturated rings. The fourth-order valence-corrected chi connectivity index (χ4v) is 3.23. The minimum Gasteiger partial charge on any atom is -0.325 e. The first-order chi connectivity index (χ1) is 13.0. The fourth-order valence-electron chi connectivity index (χ4n) is 3.23. The average molecular weight is 360 g/mol. The van der Waals surface area contributed by atoms with E-state index in [2.05, 4.69) is 41.8 Å². The first kappa shape index (κ1) is 18.8. The van der Waals surface area contributed by atoms with E-state index in [0.717, 1.165) is 5.56 Å². The van der Waals surface area contributed by atoms with E-state index in [1.165, 1.54) is 17.7 Å². The number of hydrogen-bond acceptors (Lipinski definition) is 3. The van der Waals surface area contributed by atoms with Gasteiger partial charge in [0.05, 0.1) is 6.04 Å². The monoisotopic (exact) mass is 360 g/mol. The van der Waals surface area contributed by atoms with Gasteiger partial charge in [0.25, 0.3) is 0 Å². The molecule has 3 aromatic carbocycles. The van der Waals surface area contributed by atoms with Gasteiger partial charge >= 0.3 is 0 Å². The van der Waals surface area contributed by atoms with Crippen LogP contribution in [0.3, 0.4) is 0 Å². The number of amides is 1. The molecule has 0 radical (unpaired) electrons. The van der Waals surface area contributed by atoms with Gasteiger partial charge in [0.2, 0.25) is 5.91 Å². The number of ketones is 1. The molecule has 4 nitrogen and oxygen atoms in total. The molecule has 0 aliphatic carbocycles. The topological polar surface area (TPSA) is 58.2 Å². The van der Waals surface area contributed by atoms with Gasteiger partial charge in [0, 0.05) is 17.3 Å². The molecule has 0 aliphatic heterocycles. The highest BCUT2D eigenvalue weighted by Crippen LogP contribution is 2.24. The second-order valence-electron chi connectivity index (χ2n) is 6.80. The summed E-state index contributed by atoms with van der Waals surface area (Å²) < 4.78 is 0. The van der Waals surface area contributed by atoms with Gasteiger partial charge in [-0.1, -0.05) is 54.6 Å². The highest BCUT2D eigenvalue weighted by atomic mass is 16.2. The molecule has 2 N–H and O–H groups in total. The lowest BCUT2D eigenvalue weighted by Crippen LogP contribution is -2.39.